The second-order valence-electron chi connectivity index (χ2n) is 4.24. The van der Waals surface area contributed by atoms with Crippen molar-refractivity contribution in [1.82, 2.24) is 19.1 Å². The number of fused-ring (bicyclic) bond motifs is 1. The molecule has 3 heterocycles. The summed E-state index contributed by atoms with van der Waals surface area (Å²) in [5.41, 5.74) is 2.23. The van der Waals surface area contributed by atoms with E-state index in [9.17, 15) is 8.42 Å². The Morgan fingerprint density at radius 2 is 2.24 bits per heavy atom. The first kappa shape index (κ1) is 14.0. The van der Waals surface area contributed by atoms with E-state index in [2.05, 4.69) is 20.0 Å². The van der Waals surface area contributed by atoms with E-state index in [-0.39, 0.29) is 11.6 Å². The van der Waals surface area contributed by atoms with Gasteiger partial charge in [-0.3, -0.25) is 9.38 Å². The number of imidazole rings is 1. The van der Waals surface area contributed by atoms with Crippen molar-refractivity contribution in [2.24, 2.45) is 0 Å². The fourth-order valence-electron chi connectivity index (χ4n) is 1.96. The van der Waals surface area contributed by atoms with Crippen LogP contribution in [0.5, 0.6) is 0 Å². The third-order valence-corrected chi connectivity index (χ3v) is 5.10. The van der Waals surface area contributed by atoms with Crippen molar-refractivity contribution in [3.63, 3.8) is 0 Å². The van der Waals surface area contributed by atoms with Crippen molar-refractivity contribution < 1.29 is 8.42 Å². The van der Waals surface area contributed by atoms with Gasteiger partial charge in [0, 0.05) is 30.9 Å². The molecule has 0 saturated heterocycles. The van der Waals surface area contributed by atoms with Gasteiger partial charge in [-0.2, -0.15) is 0 Å². The van der Waals surface area contributed by atoms with Gasteiger partial charge in [0.25, 0.3) is 10.0 Å². The van der Waals surface area contributed by atoms with Crippen LogP contribution in [0, 0.1) is 0 Å². The van der Waals surface area contributed by atoms with Gasteiger partial charge in [0.2, 0.25) is 0 Å². The van der Waals surface area contributed by atoms with E-state index in [1.165, 1.54) is 11.3 Å². The zero-order valence-corrected chi connectivity index (χ0v) is 12.8. The summed E-state index contributed by atoms with van der Waals surface area (Å²) in [5.74, 6) is 0.318. The first-order valence-electron chi connectivity index (χ1n) is 6.13. The fraction of sp³-hybridized carbons (Fsp3) is 0.167. The lowest BCUT2D eigenvalue weighted by Gasteiger charge is -2.07. The second kappa shape index (κ2) is 5.43. The van der Waals surface area contributed by atoms with Crippen LogP contribution in [0.25, 0.3) is 5.65 Å². The first-order chi connectivity index (χ1) is 10.1. The minimum absolute atomic E-state index is 0.102. The van der Waals surface area contributed by atoms with Crippen molar-refractivity contribution in [3.8, 4) is 0 Å². The molecule has 0 atom stereocenters. The first-order valence-corrected chi connectivity index (χ1v) is 8.50. The minimum Gasteiger partial charge on any atom is -0.371 e. The summed E-state index contributed by atoms with van der Waals surface area (Å²) in [7, 11) is -2.05. The number of hydrogen-bond acceptors (Lipinski definition) is 6. The van der Waals surface area contributed by atoms with Crippen LogP contribution in [0.3, 0.4) is 0 Å². The number of aromatic nitrogens is 3. The maximum atomic E-state index is 12.6. The highest BCUT2D eigenvalue weighted by molar-refractivity contribution is 7.89. The molecular weight excluding hydrogens is 310 g/mol. The van der Waals surface area contributed by atoms with Crippen LogP contribution >= 0.6 is 11.3 Å². The number of nitrogens with one attached hydrogen (secondary N) is 2. The molecule has 0 amide bonds. The molecule has 21 heavy (non-hydrogen) atoms. The van der Waals surface area contributed by atoms with E-state index < -0.39 is 10.0 Å². The van der Waals surface area contributed by atoms with Crippen LogP contribution in [0.4, 0.5) is 5.82 Å². The third kappa shape index (κ3) is 2.62. The zero-order chi connectivity index (χ0) is 14.9. The second-order valence-corrected chi connectivity index (χ2v) is 6.89. The topological polar surface area (TPSA) is 88.4 Å². The number of anilines is 1. The Kier molecular flexibility index (Phi) is 3.62. The fourth-order valence-corrected chi connectivity index (χ4v) is 3.88. The number of thiazole rings is 1. The Bertz CT molecular complexity index is 855. The Balaban J connectivity index is 2.01. The molecule has 0 saturated carbocycles. The number of hydrogen-bond donors (Lipinski definition) is 2. The smallest absolute Gasteiger partial charge is 0.260 e. The Labute approximate surface area is 125 Å². The zero-order valence-electron chi connectivity index (χ0n) is 11.1. The van der Waals surface area contributed by atoms with Crippen LogP contribution < -0.4 is 10.0 Å². The highest BCUT2D eigenvalue weighted by atomic mass is 32.2. The van der Waals surface area contributed by atoms with Crippen molar-refractivity contribution in [2.75, 3.05) is 12.4 Å². The van der Waals surface area contributed by atoms with E-state index in [1.807, 2.05) is 6.07 Å². The predicted octanol–water partition coefficient (Wildman–Crippen LogP) is 1.31. The molecule has 3 aromatic rings. The molecule has 0 radical (unpaired) electrons. The molecule has 0 aromatic carbocycles. The van der Waals surface area contributed by atoms with Crippen molar-refractivity contribution in [2.45, 2.75) is 11.6 Å². The van der Waals surface area contributed by atoms with Crippen molar-refractivity contribution >= 4 is 32.8 Å². The standard InChI is InChI=1S/C12H13N5O2S2/c1-13-11-12(17-5-3-2-4-10(17)16-11)21(18,19)15-7-9-6-14-8-20-9/h2-6,8,13,15H,7H2,1H3. The van der Waals surface area contributed by atoms with E-state index >= 15 is 0 Å². The van der Waals surface area contributed by atoms with Gasteiger partial charge in [0.1, 0.15) is 5.65 Å². The lowest BCUT2D eigenvalue weighted by molar-refractivity contribution is 0.577. The molecule has 110 valence electrons. The van der Waals surface area contributed by atoms with Gasteiger partial charge >= 0.3 is 0 Å². The molecule has 0 aliphatic rings. The summed E-state index contributed by atoms with van der Waals surface area (Å²) in [6, 6.07) is 5.32. The monoisotopic (exact) mass is 323 g/mol. The van der Waals surface area contributed by atoms with Crippen LogP contribution in [-0.4, -0.2) is 29.8 Å². The predicted molar refractivity (Wildman–Crippen MR) is 80.9 cm³/mol. The van der Waals surface area contributed by atoms with E-state index in [0.717, 1.165) is 4.88 Å². The summed E-state index contributed by atoms with van der Waals surface area (Å²) >= 11 is 1.40. The van der Waals surface area contributed by atoms with Gasteiger partial charge in [0.15, 0.2) is 10.8 Å². The Hall–Kier alpha value is -1.97. The van der Waals surface area contributed by atoms with Gasteiger partial charge in [-0.25, -0.2) is 18.1 Å². The molecule has 0 aliphatic carbocycles. The number of rotatable bonds is 5. The van der Waals surface area contributed by atoms with Gasteiger partial charge in [0.05, 0.1) is 5.51 Å². The van der Waals surface area contributed by atoms with Crippen LogP contribution in [0.1, 0.15) is 4.88 Å². The molecular formula is C12H13N5O2S2. The van der Waals surface area contributed by atoms with Gasteiger partial charge in [-0.15, -0.1) is 11.3 Å². The SMILES string of the molecule is CNc1nc2ccccn2c1S(=O)(=O)NCc1cncs1. The molecule has 0 aliphatic heterocycles. The van der Waals surface area contributed by atoms with E-state index in [0.29, 0.717) is 11.5 Å². The number of pyridine rings is 1. The quantitative estimate of drug-likeness (QED) is 0.739. The summed E-state index contributed by atoms with van der Waals surface area (Å²) in [5, 5.41) is 2.93. The van der Waals surface area contributed by atoms with Gasteiger partial charge < -0.3 is 5.32 Å². The van der Waals surface area contributed by atoms with Gasteiger partial charge in [-0.05, 0) is 12.1 Å². The molecule has 0 fully saturated rings. The maximum absolute atomic E-state index is 12.6. The van der Waals surface area contributed by atoms with Gasteiger partial charge in [-0.1, -0.05) is 6.07 Å². The number of nitrogens with zero attached hydrogens (tertiary/aromatic N) is 3. The lowest BCUT2D eigenvalue weighted by atomic mass is 10.5. The highest BCUT2D eigenvalue weighted by Gasteiger charge is 2.24. The van der Waals surface area contributed by atoms with Crippen LogP contribution in [-0.2, 0) is 16.6 Å². The van der Waals surface area contributed by atoms with Crippen LogP contribution in [0.2, 0.25) is 0 Å². The van der Waals surface area contributed by atoms with Crippen LogP contribution in [0.15, 0.2) is 41.1 Å². The summed E-state index contributed by atoms with van der Waals surface area (Å²) in [4.78, 5) is 9.03. The summed E-state index contributed by atoms with van der Waals surface area (Å²) in [6.07, 6.45) is 3.31. The van der Waals surface area contributed by atoms with Crippen molar-refractivity contribution in [3.05, 3.63) is 41.0 Å². The molecule has 3 rings (SSSR count). The summed E-state index contributed by atoms with van der Waals surface area (Å²) < 4.78 is 29.2. The average molecular weight is 323 g/mol. The Morgan fingerprint density at radius 1 is 1.38 bits per heavy atom. The normalized spacial score (nSPS) is 11.9. The van der Waals surface area contributed by atoms with E-state index in [4.69, 9.17) is 0 Å². The van der Waals surface area contributed by atoms with Crippen molar-refractivity contribution in [1.29, 1.82) is 0 Å². The third-order valence-electron chi connectivity index (χ3n) is 2.90. The highest BCUT2D eigenvalue weighted by Crippen LogP contribution is 2.22. The molecule has 0 unspecified atom stereocenters. The molecule has 9 heteroatoms. The summed E-state index contributed by atoms with van der Waals surface area (Å²) in [6.45, 7) is 0.205. The van der Waals surface area contributed by atoms with E-state index in [1.54, 1.807) is 41.5 Å². The number of sulfonamides is 1. The Morgan fingerprint density at radius 3 is 2.95 bits per heavy atom. The average Bonchev–Trinajstić information content (AvgIpc) is 3.12. The molecule has 3 aromatic heterocycles. The molecule has 0 spiro atoms. The molecule has 7 nitrogen and oxygen atoms in total. The lowest BCUT2D eigenvalue weighted by Crippen LogP contribution is -2.25. The molecule has 0 bridgehead atoms. The minimum atomic E-state index is -3.70. The maximum Gasteiger partial charge on any atom is 0.260 e. The molecule has 2 N–H and O–H groups in total. The largest absolute Gasteiger partial charge is 0.371 e.